The number of carbonyl (C=O) groups is 4. The minimum atomic E-state index is -1.02. The van der Waals surface area contributed by atoms with E-state index in [1.807, 2.05) is 20.8 Å². The highest BCUT2D eigenvalue weighted by Crippen LogP contribution is 2.12. The first-order valence-electron chi connectivity index (χ1n) is 7.73. The van der Waals surface area contributed by atoms with E-state index in [9.17, 15) is 19.2 Å². The lowest BCUT2D eigenvalue weighted by Gasteiger charge is -2.28. The highest BCUT2D eigenvalue weighted by atomic mass is 16.5. The van der Waals surface area contributed by atoms with Crippen molar-refractivity contribution >= 4 is 23.7 Å². The molecule has 0 bridgehead atoms. The van der Waals surface area contributed by atoms with E-state index in [4.69, 9.17) is 4.74 Å². The topological polar surface area (TPSA) is 117 Å². The maximum absolute atomic E-state index is 12.3. The second kappa shape index (κ2) is 8.09. The molecule has 1 rings (SSSR count). The molecule has 0 saturated carbocycles. The van der Waals surface area contributed by atoms with E-state index >= 15 is 0 Å². The van der Waals surface area contributed by atoms with Crippen molar-refractivity contribution in [1.29, 1.82) is 0 Å². The third-order valence-corrected chi connectivity index (χ3v) is 3.23. The minimum absolute atomic E-state index is 0.196. The zero-order valence-corrected chi connectivity index (χ0v) is 14.8. The molecule has 3 amide bonds. The summed E-state index contributed by atoms with van der Waals surface area (Å²) < 4.78 is 5.08. The van der Waals surface area contributed by atoms with Crippen LogP contribution in [0.5, 0.6) is 0 Å². The molecule has 2 unspecified atom stereocenters. The monoisotopic (exact) mass is 342 g/mol. The third kappa shape index (κ3) is 6.15. The van der Waals surface area contributed by atoms with Gasteiger partial charge in [-0.3, -0.25) is 24.6 Å². The number of Topliss-reactive ketones (excluding diaryl/α,β-unsaturated/α-hetero) is 1. The minimum Gasteiger partial charge on any atom is -0.449 e. The maximum atomic E-state index is 12.3. The van der Waals surface area contributed by atoms with Crippen molar-refractivity contribution in [3.05, 3.63) is 0 Å². The zero-order chi connectivity index (χ0) is 18.5. The molecule has 0 spiro atoms. The Hall–Kier alpha value is -2.16. The van der Waals surface area contributed by atoms with Crippen molar-refractivity contribution in [2.75, 3.05) is 27.2 Å². The molecule has 0 aromatic heterocycles. The summed E-state index contributed by atoms with van der Waals surface area (Å²) in [6.07, 6.45) is -1.44. The van der Waals surface area contributed by atoms with Crippen LogP contribution in [-0.2, 0) is 19.1 Å². The second-order valence-electron chi connectivity index (χ2n) is 7.12. The van der Waals surface area contributed by atoms with Crippen LogP contribution in [0.2, 0.25) is 0 Å². The molecule has 2 atom stereocenters. The van der Waals surface area contributed by atoms with Gasteiger partial charge in [-0.25, -0.2) is 4.79 Å². The summed E-state index contributed by atoms with van der Waals surface area (Å²) in [6, 6.07) is -0.888. The van der Waals surface area contributed by atoms with E-state index in [0.717, 1.165) is 0 Å². The Kier molecular flexibility index (Phi) is 6.70. The number of alkyl carbamates (subject to hydrolysis) is 1. The highest BCUT2D eigenvalue weighted by Gasteiger charge is 2.33. The Labute approximate surface area is 141 Å². The van der Waals surface area contributed by atoms with Gasteiger partial charge >= 0.3 is 6.09 Å². The fraction of sp³-hybridized carbons (Fsp3) is 0.733. The lowest BCUT2D eigenvalue weighted by Crippen LogP contribution is -2.60. The number of likely N-dealkylation sites (N-methyl/N-ethyl adjacent to an activating group) is 1. The number of nitrogens with zero attached hydrogens (tertiary/aromatic N) is 1. The SMILES string of the molecule is CN(C)C(NC(=O)OCC(C)(C)C)C(=O)NC1CCNC(=O)C1=O. The highest BCUT2D eigenvalue weighted by molar-refractivity contribution is 6.39. The number of ketones is 1. The van der Waals surface area contributed by atoms with Crippen molar-refractivity contribution in [1.82, 2.24) is 20.9 Å². The van der Waals surface area contributed by atoms with Gasteiger partial charge in [-0.1, -0.05) is 20.8 Å². The summed E-state index contributed by atoms with van der Waals surface area (Å²) >= 11 is 0. The third-order valence-electron chi connectivity index (χ3n) is 3.23. The van der Waals surface area contributed by atoms with Gasteiger partial charge in [0.25, 0.3) is 11.8 Å². The normalized spacial score (nSPS) is 19.5. The summed E-state index contributed by atoms with van der Waals surface area (Å²) in [5, 5.41) is 7.35. The van der Waals surface area contributed by atoms with E-state index in [0.29, 0.717) is 13.0 Å². The van der Waals surface area contributed by atoms with Gasteiger partial charge in [0.05, 0.1) is 12.6 Å². The molecule has 9 nitrogen and oxygen atoms in total. The van der Waals surface area contributed by atoms with Crippen molar-refractivity contribution in [2.24, 2.45) is 5.41 Å². The molecule has 1 aliphatic rings. The van der Waals surface area contributed by atoms with Gasteiger partial charge in [-0.2, -0.15) is 0 Å². The van der Waals surface area contributed by atoms with E-state index in [-0.39, 0.29) is 12.0 Å². The molecule has 136 valence electrons. The van der Waals surface area contributed by atoms with Crippen molar-refractivity contribution in [3.8, 4) is 0 Å². The molecular formula is C15H26N4O5. The van der Waals surface area contributed by atoms with Crippen LogP contribution in [0.1, 0.15) is 27.2 Å². The quantitative estimate of drug-likeness (QED) is 0.446. The van der Waals surface area contributed by atoms with Crippen molar-refractivity contribution in [2.45, 2.75) is 39.4 Å². The lowest BCUT2D eigenvalue weighted by atomic mass is 9.99. The molecule has 0 aliphatic carbocycles. The second-order valence-corrected chi connectivity index (χ2v) is 7.12. The number of nitrogens with one attached hydrogen (secondary N) is 3. The van der Waals surface area contributed by atoms with E-state index in [1.54, 1.807) is 14.1 Å². The van der Waals surface area contributed by atoms with Crippen LogP contribution in [0.4, 0.5) is 4.79 Å². The van der Waals surface area contributed by atoms with Gasteiger partial charge in [-0.05, 0) is 25.9 Å². The number of amides is 3. The molecule has 1 fully saturated rings. The van der Waals surface area contributed by atoms with E-state index in [1.165, 1.54) is 4.90 Å². The molecule has 0 aromatic rings. The zero-order valence-electron chi connectivity index (χ0n) is 14.8. The molecule has 1 aliphatic heterocycles. The Morgan fingerprint density at radius 3 is 2.50 bits per heavy atom. The molecule has 0 aromatic carbocycles. The molecule has 9 heteroatoms. The number of piperidine rings is 1. The summed E-state index contributed by atoms with van der Waals surface area (Å²) in [4.78, 5) is 48.7. The number of rotatable bonds is 5. The Morgan fingerprint density at radius 1 is 1.33 bits per heavy atom. The van der Waals surface area contributed by atoms with E-state index in [2.05, 4.69) is 16.0 Å². The molecule has 0 radical (unpaired) electrons. The Balaban J connectivity index is 2.63. The first kappa shape index (κ1) is 19.9. The molecule has 3 N–H and O–H groups in total. The fourth-order valence-electron chi connectivity index (χ4n) is 1.96. The fourth-order valence-corrected chi connectivity index (χ4v) is 1.96. The number of hydrogen-bond acceptors (Lipinski definition) is 6. The van der Waals surface area contributed by atoms with Gasteiger partial charge < -0.3 is 15.4 Å². The first-order chi connectivity index (χ1) is 11.0. The van der Waals surface area contributed by atoms with Crippen LogP contribution in [0.15, 0.2) is 0 Å². The molecule has 1 saturated heterocycles. The predicted octanol–water partition coefficient (Wildman–Crippen LogP) is -0.780. The van der Waals surface area contributed by atoms with Gasteiger partial charge in [0.15, 0.2) is 6.17 Å². The standard InChI is InChI=1S/C15H26N4O5/c1-15(2,3)8-24-14(23)18-11(19(4)5)13(22)17-9-6-7-16-12(21)10(9)20/h9,11H,6-8H2,1-5H3,(H,16,21)(H,17,22)(H,18,23). The average Bonchev–Trinajstić information content (AvgIpc) is 2.46. The smallest absolute Gasteiger partial charge is 0.408 e. The molecular weight excluding hydrogens is 316 g/mol. The van der Waals surface area contributed by atoms with E-state index < -0.39 is 35.9 Å². The summed E-state index contributed by atoms with van der Waals surface area (Å²) in [5.41, 5.74) is -0.199. The van der Waals surface area contributed by atoms with Crippen molar-refractivity contribution in [3.63, 3.8) is 0 Å². The van der Waals surface area contributed by atoms with Gasteiger partial charge in [0.2, 0.25) is 5.78 Å². The lowest BCUT2D eigenvalue weighted by molar-refractivity contribution is -0.142. The van der Waals surface area contributed by atoms with Crippen LogP contribution in [0, 0.1) is 5.41 Å². The van der Waals surface area contributed by atoms with Gasteiger partial charge in [-0.15, -0.1) is 0 Å². The van der Waals surface area contributed by atoms with Crippen LogP contribution < -0.4 is 16.0 Å². The summed E-state index contributed by atoms with van der Waals surface area (Å²) in [7, 11) is 3.20. The Morgan fingerprint density at radius 2 is 1.96 bits per heavy atom. The largest absolute Gasteiger partial charge is 0.449 e. The first-order valence-corrected chi connectivity index (χ1v) is 7.73. The maximum Gasteiger partial charge on any atom is 0.408 e. The van der Waals surface area contributed by atoms with Crippen LogP contribution >= 0.6 is 0 Å². The van der Waals surface area contributed by atoms with Gasteiger partial charge in [0, 0.05) is 6.54 Å². The number of hydrogen-bond donors (Lipinski definition) is 3. The van der Waals surface area contributed by atoms with Crippen LogP contribution in [-0.4, -0.2) is 68.0 Å². The average molecular weight is 342 g/mol. The van der Waals surface area contributed by atoms with Crippen LogP contribution in [0.3, 0.4) is 0 Å². The predicted molar refractivity (Wildman–Crippen MR) is 86.0 cm³/mol. The number of ether oxygens (including phenoxy) is 1. The molecule has 24 heavy (non-hydrogen) atoms. The van der Waals surface area contributed by atoms with Crippen LogP contribution in [0.25, 0.3) is 0 Å². The number of carbonyl (C=O) groups excluding carboxylic acids is 4. The molecule has 1 heterocycles. The summed E-state index contributed by atoms with van der Waals surface area (Å²) in [5.74, 6) is -1.99. The van der Waals surface area contributed by atoms with Gasteiger partial charge in [0.1, 0.15) is 0 Å². The Bertz CT molecular complexity index is 512. The van der Waals surface area contributed by atoms with Crippen molar-refractivity contribution < 1.29 is 23.9 Å². The summed E-state index contributed by atoms with van der Waals surface area (Å²) in [6.45, 7) is 6.24.